The molecule has 3 aromatic rings. The maximum absolute atomic E-state index is 5.98. The zero-order valence-corrected chi connectivity index (χ0v) is 13.1. The van der Waals surface area contributed by atoms with Gasteiger partial charge in [0.05, 0.1) is 21.9 Å². The van der Waals surface area contributed by atoms with Crippen molar-refractivity contribution in [3.63, 3.8) is 0 Å². The SMILES string of the molecule is Clc1nc(-c2cnn(-c3ccccc3)c2)nc(Cl)c1Br. The molecule has 0 unspecified atom stereocenters. The van der Waals surface area contributed by atoms with Gasteiger partial charge in [0.15, 0.2) is 5.82 Å². The van der Waals surface area contributed by atoms with Crippen molar-refractivity contribution in [3.05, 3.63) is 57.5 Å². The fraction of sp³-hybridized carbons (Fsp3) is 0. The minimum Gasteiger partial charge on any atom is -0.240 e. The number of rotatable bonds is 2. The van der Waals surface area contributed by atoms with Gasteiger partial charge >= 0.3 is 0 Å². The molecule has 100 valence electrons. The molecule has 0 radical (unpaired) electrons. The van der Waals surface area contributed by atoms with Gasteiger partial charge in [0, 0.05) is 6.20 Å². The highest BCUT2D eigenvalue weighted by Gasteiger charge is 2.12. The standard InChI is InChI=1S/C13H7BrCl2N4/c14-10-11(15)18-13(19-12(10)16)8-6-17-20(7-8)9-4-2-1-3-5-9/h1-7H. The quantitative estimate of drug-likeness (QED) is 0.629. The molecule has 20 heavy (non-hydrogen) atoms. The largest absolute Gasteiger partial charge is 0.240 e. The van der Waals surface area contributed by atoms with Gasteiger partial charge in [-0.25, -0.2) is 14.6 Å². The molecule has 0 aliphatic heterocycles. The Hall–Kier alpha value is -1.43. The van der Waals surface area contributed by atoms with Crippen LogP contribution in [-0.2, 0) is 0 Å². The summed E-state index contributed by atoms with van der Waals surface area (Å²) in [6.07, 6.45) is 3.49. The van der Waals surface area contributed by atoms with Crippen LogP contribution in [0, 0.1) is 0 Å². The highest BCUT2D eigenvalue weighted by Crippen LogP contribution is 2.29. The summed E-state index contributed by atoms with van der Waals surface area (Å²) in [5, 5.41) is 4.82. The van der Waals surface area contributed by atoms with Crippen LogP contribution in [-0.4, -0.2) is 19.7 Å². The second-order valence-corrected chi connectivity index (χ2v) is 5.46. The van der Waals surface area contributed by atoms with Crippen LogP contribution >= 0.6 is 39.1 Å². The average molecular weight is 370 g/mol. The van der Waals surface area contributed by atoms with Crippen molar-refractivity contribution in [2.24, 2.45) is 0 Å². The van der Waals surface area contributed by atoms with E-state index in [1.807, 2.05) is 36.5 Å². The molecular weight excluding hydrogens is 363 g/mol. The summed E-state index contributed by atoms with van der Waals surface area (Å²) in [7, 11) is 0. The first-order chi connectivity index (χ1) is 9.65. The van der Waals surface area contributed by atoms with Crippen LogP contribution < -0.4 is 0 Å². The number of hydrogen-bond acceptors (Lipinski definition) is 3. The third-order valence-corrected chi connectivity index (χ3v) is 4.39. The second-order valence-electron chi connectivity index (χ2n) is 3.95. The Morgan fingerprint density at radius 1 is 1.00 bits per heavy atom. The molecule has 0 saturated carbocycles. The Balaban J connectivity index is 2.03. The lowest BCUT2D eigenvalue weighted by Crippen LogP contribution is -1.93. The summed E-state index contributed by atoms with van der Waals surface area (Å²) >= 11 is 15.2. The fourth-order valence-electron chi connectivity index (χ4n) is 1.68. The monoisotopic (exact) mass is 368 g/mol. The summed E-state index contributed by atoms with van der Waals surface area (Å²) < 4.78 is 2.22. The highest BCUT2D eigenvalue weighted by molar-refractivity contribution is 9.10. The number of benzene rings is 1. The van der Waals surface area contributed by atoms with Gasteiger partial charge in [0.1, 0.15) is 10.3 Å². The molecule has 0 aliphatic carbocycles. The molecule has 0 spiro atoms. The van der Waals surface area contributed by atoms with Crippen LogP contribution in [0.25, 0.3) is 17.1 Å². The van der Waals surface area contributed by atoms with Crippen LogP contribution in [0.1, 0.15) is 0 Å². The van der Waals surface area contributed by atoms with Crippen LogP contribution in [0.15, 0.2) is 47.2 Å². The summed E-state index contributed by atoms with van der Waals surface area (Å²) in [5.41, 5.74) is 1.69. The van der Waals surface area contributed by atoms with Crippen LogP contribution in [0.5, 0.6) is 0 Å². The Labute approximate surface area is 133 Å². The number of hydrogen-bond donors (Lipinski definition) is 0. The molecule has 0 bridgehead atoms. The normalized spacial score (nSPS) is 10.8. The summed E-state index contributed by atoms with van der Waals surface area (Å²) in [6.45, 7) is 0. The number of nitrogens with zero attached hydrogens (tertiary/aromatic N) is 4. The molecule has 2 aromatic heterocycles. The van der Waals surface area contributed by atoms with Gasteiger partial charge in [0.25, 0.3) is 0 Å². The Morgan fingerprint density at radius 2 is 1.65 bits per heavy atom. The summed E-state index contributed by atoms with van der Waals surface area (Å²) in [6, 6.07) is 9.75. The molecule has 0 amide bonds. The molecule has 7 heteroatoms. The van der Waals surface area contributed by atoms with Crippen molar-refractivity contribution < 1.29 is 0 Å². The first-order valence-electron chi connectivity index (χ1n) is 5.64. The maximum atomic E-state index is 5.98. The van der Waals surface area contributed by atoms with E-state index < -0.39 is 0 Å². The molecule has 4 nitrogen and oxygen atoms in total. The van der Waals surface area contributed by atoms with Gasteiger partial charge in [-0.1, -0.05) is 41.4 Å². The van der Waals surface area contributed by atoms with E-state index in [9.17, 15) is 0 Å². The van der Waals surface area contributed by atoms with E-state index in [-0.39, 0.29) is 10.3 Å². The van der Waals surface area contributed by atoms with Crippen LogP contribution in [0.4, 0.5) is 0 Å². The van der Waals surface area contributed by atoms with E-state index in [0.29, 0.717) is 10.3 Å². The summed E-state index contributed by atoms with van der Waals surface area (Å²) in [4.78, 5) is 8.36. The van der Waals surface area contributed by atoms with E-state index in [4.69, 9.17) is 23.2 Å². The minimum absolute atomic E-state index is 0.271. The second kappa shape index (κ2) is 5.52. The van der Waals surface area contributed by atoms with Crippen molar-refractivity contribution in [3.8, 4) is 17.1 Å². The Morgan fingerprint density at radius 3 is 2.30 bits per heavy atom. The molecule has 2 heterocycles. The predicted octanol–water partition coefficient (Wildman–Crippen LogP) is 4.40. The van der Waals surface area contributed by atoms with E-state index in [1.54, 1.807) is 10.9 Å². The molecule has 0 saturated heterocycles. The third-order valence-electron chi connectivity index (χ3n) is 2.63. The molecule has 0 atom stereocenters. The van der Waals surface area contributed by atoms with Gasteiger partial charge in [0.2, 0.25) is 0 Å². The smallest absolute Gasteiger partial charge is 0.165 e. The zero-order valence-electron chi connectivity index (χ0n) is 9.96. The average Bonchev–Trinajstić information content (AvgIpc) is 2.95. The minimum atomic E-state index is 0.271. The van der Waals surface area contributed by atoms with Crippen LogP contribution in [0.3, 0.4) is 0 Å². The Bertz CT molecular complexity index is 735. The third kappa shape index (κ3) is 2.57. The lowest BCUT2D eigenvalue weighted by molar-refractivity contribution is 0.880. The lowest BCUT2D eigenvalue weighted by atomic mass is 10.3. The molecule has 1 aromatic carbocycles. The summed E-state index contributed by atoms with van der Waals surface area (Å²) in [5.74, 6) is 0.436. The Kier molecular flexibility index (Phi) is 3.74. The number of para-hydroxylation sites is 1. The van der Waals surface area contributed by atoms with Gasteiger partial charge < -0.3 is 0 Å². The first-order valence-corrected chi connectivity index (χ1v) is 7.19. The van der Waals surface area contributed by atoms with E-state index in [0.717, 1.165) is 11.3 Å². The number of halogens is 3. The molecule has 0 aliphatic rings. The molecular formula is C13H7BrCl2N4. The van der Waals surface area contributed by atoms with Crippen molar-refractivity contribution in [2.45, 2.75) is 0 Å². The van der Waals surface area contributed by atoms with Crippen molar-refractivity contribution >= 4 is 39.1 Å². The predicted molar refractivity (Wildman–Crippen MR) is 82.3 cm³/mol. The molecule has 0 fully saturated rings. The van der Waals surface area contributed by atoms with Crippen LogP contribution in [0.2, 0.25) is 10.3 Å². The fourth-order valence-corrected chi connectivity index (χ4v) is 2.25. The van der Waals surface area contributed by atoms with Crippen molar-refractivity contribution in [1.82, 2.24) is 19.7 Å². The number of aromatic nitrogens is 4. The lowest BCUT2D eigenvalue weighted by Gasteiger charge is -2.01. The van der Waals surface area contributed by atoms with Gasteiger partial charge in [-0.3, -0.25) is 0 Å². The van der Waals surface area contributed by atoms with Gasteiger partial charge in [-0.15, -0.1) is 0 Å². The topological polar surface area (TPSA) is 43.6 Å². The van der Waals surface area contributed by atoms with E-state index in [1.165, 1.54) is 0 Å². The maximum Gasteiger partial charge on any atom is 0.165 e. The molecule has 3 rings (SSSR count). The zero-order chi connectivity index (χ0) is 14.1. The first kappa shape index (κ1) is 13.5. The van der Waals surface area contributed by atoms with Gasteiger partial charge in [-0.2, -0.15) is 5.10 Å². The molecule has 0 N–H and O–H groups in total. The van der Waals surface area contributed by atoms with Crippen molar-refractivity contribution in [2.75, 3.05) is 0 Å². The van der Waals surface area contributed by atoms with Gasteiger partial charge in [-0.05, 0) is 28.1 Å². The van der Waals surface area contributed by atoms with E-state index in [2.05, 4.69) is 31.0 Å². The van der Waals surface area contributed by atoms with Crippen molar-refractivity contribution in [1.29, 1.82) is 0 Å². The van der Waals surface area contributed by atoms with E-state index >= 15 is 0 Å². The highest BCUT2D eigenvalue weighted by atomic mass is 79.9.